The molecule has 2 rings (SSSR count). The number of urea groups is 1. The maximum absolute atomic E-state index is 13.4. The normalized spacial score (nSPS) is 11.7. The highest BCUT2D eigenvalue weighted by Gasteiger charge is 2.29. The Morgan fingerprint density at radius 1 is 0.845 bits per heavy atom. The molecule has 0 aliphatic carbocycles. The summed E-state index contributed by atoms with van der Waals surface area (Å²) in [6.07, 6.45) is -0.642. The summed E-state index contributed by atoms with van der Waals surface area (Å²) < 4.78 is 31.6. The van der Waals surface area contributed by atoms with Crippen molar-refractivity contribution in [1.82, 2.24) is 16.0 Å². The van der Waals surface area contributed by atoms with E-state index in [2.05, 4.69) is 31.3 Å². The molecular weight excluding hydrogens is 766 g/mol. The second kappa shape index (κ2) is 28.4. The van der Waals surface area contributed by atoms with Gasteiger partial charge in [-0.15, -0.1) is 0 Å². The lowest BCUT2D eigenvalue weighted by Crippen LogP contribution is -2.54. The number of ether oxygens (including phenoxy) is 6. The number of nitro benzene ring substituents is 1. The van der Waals surface area contributed by atoms with Crippen LogP contribution in [0.5, 0.6) is 5.75 Å². The van der Waals surface area contributed by atoms with Crippen molar-refractivity contribution in [2.75, 3.05) is 71.3 Å². The molecule has 58 heavy (non-hydrogen) atoms. The van der Waals surface area contributed by atoms with Crippen molar-refractivity contribution < 1.29 is 57.3 Å². The predicted molar refractivity (Wildman–Crippen MR) is 206 cm³/mol. The third-order valence-corrected chi connectivity index (χ3v) is 7.68. The predicted octanol–water partition coefficient (Wildman–Crippen LogP) is 3.09. The number of nitrogens with two attached hydrogens (primary N) is 1. The lowest BCUT2D eigenvalue weighted by Gasteiger charge is -2.25. The maximum atomic E-state index is 13.4. The average Bonchev–Trinajstić information content (AvgIpc) is 3.19. The summed E-state index contributed by atoms with van der Waals surface area (Å²) in [5.41, 5.74) is 14.1. The van der Waals surface area contributed by atoms with Crippen LogP contribution in [0.3, 0.4) is 0 Å². The van der Waals surface area contributed by atoms with Crippen LogP contribution in [-0.2, 0) is 44.7 Å². The highest BCUT2D eigenvalue weighted by molar-refractivity contribution is 5.98. The number of benzene rings is 2. The van der Waals surface area contributed by atoms with Crippen LogP contribution in [-0.4, -0.2) is 113 Å². The second-order valence-corrected chi connectivity index (χ2v) is 12.5. The number of primary amides is 1. The van der Waals surface area contributed by atoms with Crippen LogP contribution >= 0.6 is 0 Å². The number of nitrogens with one attached hydrogen (secondary N) is 4. The summed E-state index contributed by atoms with van der Waals surface area (Å²) in [5.74, 6) is -1.86. The minimum Gasteiger partial charge on any atom is -0.429 e. The van der Waals surface area contributed by atoms with Gasteiger partial charge in [-0.1, -0.05) is 31.1 Å². The number of amides is 5. The van der Waals surface area contributed by atoms with Crippen LogP contribution in [0.1, 0.15) is 38.7 Å². The molecule has 0 saturated heterocycles. The zero-order valence-electron chi connectivity index (χ0n) is 32.4. The second-order valence-electron chi connectivity index (χ2n) is 12.5. The molecule has 0 saturated carbocycles. The maximum Gasteiger partial charge on any atom is 0.514 e. The Morgan fingerprint density at radius 3 is 2.02 bits per heavy atom. The molecule has 0 unspecified atom stereocenters. The summed E-state index contributed by atoms with van der Waals surface area (Å²) in [6, 6.07) is 8.42. The van der Waals surface area contributed by atoms with E-state index in [4.69, 9.17) is 39.7 Å². The Balaban J connectivity index is 1.81. The van der Waals surface area contributed by atoms with Crippen molar-refractivity contribution in [1.29, 1.82) is 0 Å². The van der Waals surface area contributed by atoms with E-state index >= 15 is 0 Å². The fraction of sp³-hybridized carbons (Fsp3) is 0.528. The minimum atomic E-state index is -1.06. The number of hydrogen-bond acceptors (Lipinski definition) is 14. The van der Waals surface area contributed by atoms with Crippen molar-refractivity contribution in [2.45, 2.75) is 51.8 Å². The minimum absolute atomic E-state index is 0.0238. The van der Waals surface area contributed by atoms with Gasteiger partial charge >= 0.3 is 12.2 Å². The fourth-order valence-corrected chi connectivity index (χ4v) is 4.72. The molecule has 318 valence electrons. The zero-order chi connectivity index (χ0) is 42.5. The van der Waals surface area contributed by atoms with Gasteiger partial charge in [0.2, 0.25) is 17.7 Å². The molecule has 22 heteroatoms. The third-order valence-electron chi connectivity index (χ3n) is 7.68. The van der Waals surface area contributed by atoms with Gasteiger partial charge in [0.1, 0.15) is 24.4 Å². The zero-order valence-corrected chi connectivity index (χ0v) is 32.4. The molecule has 2 atom stereocenters. The lowest BCUT2D eigenvalue weighted by molar-refractivity contribution is -0.384. The van der Waals surface area contributed by atoms with E-state index in [1.165, 1.54) is 24.3 Å². The van der Waals surface area contributed by atoms with E-state index in [9.17, 15) is 34.1 Å². The van der Waals surface area contributed by atoms with Crippen LogP contribution in [0, 0.1) is 16.0 Å². The number of anilines is 1. The first-order valence-corrected chi connectivity index (χ1v) is 18.3. The van der Waals surface area contributed by atoms with Crippen LogP contribution in [0.4, 0.5) is 21.0 Å². The van der Waals surface area contributed by atoms with Gasteiger partial charge in [-0.05, 0) is 54.1 Å². The monoisotopic (exact) mass is 817 g/mol. The summed E-state index contributed by atoms with van der Waals surface area (Å²) >= 11 is 0. The van der Waals surface area contributed by atoms with Gasteiger partial charge in [-0.2, -0.15) is 0 Å². The number of non-ortho nitro benzene ring substituents is 1. The molecule has 0 heterocycles. The molecule has 2 aromatic carbocycles. The van der Waals surface area contributed by atoms with E-state index in [1.54, 1.807) is 38.1 Å². The number of nitro groups is 1. The average molecular weight is 818 g/mol. The summed E-state index contributed by atoms with van der Waals surface area (Å²) in [4.78, 5) is 75.6. The molecular formula is C36H51N9O13. The van der Waals surface area contributed by atoms with E-state index in [0.29, 0.717) is 44.3 Å². The topological polar surface area (TPSA) is 307 Å². The smallest absolute Gasteiger partial charge is 0.429 e. The van der Waals surface area contributed by atoms with E-state index in [0.717, 1.165) is 0 Å². The van der Waals surface area contributed by atoms with E-state index in [-0.39, 0.29) is 76.1 Å². The fourth-order valence-electron chi connectivity index (χ4n) is 4.72. The number of hydrogen-bond donors (Lipinski definition) is 5. The summed E-state index contributed by atoms with van der Waals surface area (Å²) in [7, 11) is 0. The number of carbonyl (C=O) groups excluding carboxylic acids is 5. The van der Waals surface area contributed by atoms with Crippen LogP contribution in [0.2, 0.25) is 0 Å². The van der Waals surface area contributed by atoms with E-state index in [1.807, 2.05) is 0 Å². The Hall–Kier alpha value is -6.06. The van der Waals surface area contributed by atoms with Crippen LogP contribution < -0.4 is 31.7 Å². The van der Waals surface area contributed by atoms with Crippen LogP contribution in [0.25, 0.3) is 10.4 Å². The Bertz CT molecular complexity index is 1640. The Kier molecular flexibility index (Phi) is 23.5. The van der Waals surface area contributed by atoms with E-state index < -0.39 is 46.9 Å². The van der Waals surface area contributed by atoms with Crippen molar-refractivity contribution in [3.63, 3.8) is 0 Å². The molecule has 2 aromatic rings. The van der Waals surface area contributed by atoms with Crippen molar-refractivity contribution >= 4 is 41.3 Å². The Labute approximate surface area is 334 Å². The lowest BCUT2D eigenvalue weighted by atomic mass is 10.0. The first-order valence-electron chi connectivity index (χ1n) is 18.3. The highest BCUT2D eigenvalue weighted by atomic mass is 16.7. The van der Waals surface area contributed by atoms with Gasteiger partial charge < -0.3 is 55.4 Å². The molecule has 0 aromatic heterocycles. The molecule has 0 fully saturated rings. The molecule has 0 bridgehead atoms. The molecule has 0 aliphatic heterocycles. The molecule has 0 spiro atoms. The summed E-state index contributed by atoms with van der Waals surface area (Å²) in [5, 5.41) is 24.7. The van der Waals surface area contributed by atoms with Gasteiger partial charge in [0.15, 0.2) is 0 Å². The first kappa shape index (κ1) is 48.1. The first-order chi connectivity index (χ1) is 27.9. The van der Waals surface area contributed by atoms with Crippen molar-refractivity contribution in [3.05, 3.63) is 74.7 Å². The molecule has 5 amide bonds. The van der Waals surface area contributed by atoms with Gasteiger partial charge in [0.25, 0.3) is 5.69 Å². The van der Waals surface area contributed by atoms with Crippen molar-refractivity contribution in [2.24, 2.45) is 16.8 Å². The number of carbonyl (C=O) groups is 5. The third kappa shape index (κ3) is 21.3. The molecule has 6 N–H and O–H groups in total. The number of azide groups is 1. The highest BCUT2D eigenvalue weighted by Crippen LogP contribution is 2.18. The SMILES string of the molecule is CC(C)[C@H](NC(=O)CCOCCOCCOCCOCCN=[N+]=[N-])C(=O)N[C@@H](CCCNC(N)=O)C(=O)Nc1ccc(COC(=O)Oc2ccc([N+](=O)[O-])cc2)cc1. The van der Waals surface area contributed by atoms with Gasteiger partial charge in [-0.25, -0.2) is 9.59 Å². The standard InChI is InChI=1S/C36H51N9O13/c1-25(2)32(43-31(46)13-16-53-18-20-55-22-23-56-21-19-54-17-15-40-44-38)34(48)42-30(4-3-14-39-35(37)49)33(47)41-27-7-5-26(6-8-27)24-57-36(50)58-29-11-9-28(10-12-29)45(51)52/h5-12,25,30,32H,3-4,13-24H2,1-2H3,(H,41,47)(H,42,48)(H,43,46)(H3,37,39,49)/t30-,32-/m0/s1. The quantitative estimate of drug-likeness (QED) is 0.0115. The molecule has 0 aliphatic rings. The number of nitrogens with zero attached hydrogens (tertiary/aromatic N) is 4. The molecule has 0 radical (unpaired) electrons. The molecule has 22 nitrogen and oxygen atoms in total. The summed E-state index contributed by atoms with van der Waals surface area (Å²) in [6.45, 7) is 6.09. The van der Waals surface area contributed by atoms with Gasteiger partial charge in [-0.3, -0.25) is 24.5 Å². The number of rotatable bonds is 29. The Morgan fingerprint density at radius 2 is 1.45 bits per heavy atom. The van der Waals surface area contributed by atoms with Crippen LogP contribution in [0.15, 0.2) is 53.6 Å². The van der Waals surface area contributed by atoms with Gasteiger partial charge in [0, 0.05) is 42.2 Å². The largest absolute Gasteiger partial charge is 0.514 e. The van der Waals surface area contributed by atoms with Crippen molar-refractivity contribution in [3.8, 4) is 5.75 Å². The van der Waals surface area contributed by atoms with Gasteiger partial charge in [0.05, 0.1) is 57.8 Å².